The highest BCUT2D eigenvalue weighted by Gasteiger charge is 2.20. The van der Waals surface area contributed by atoms with E-state index in [9.17, 15) is 13.6 Å². The van der Waals surface area contributed by atoms with E-state index in [2.05, 4.69) is 4.98 Å². The van der Waals surface area contributed by atoms with Gasteiger partial charge in [-0.05, 0) is 31.4 Å². The topological polar surface area (TPSA) is 36.1 Å². The number of benzene rings is 1. The molecule has 1 aromatic carbocycles. The zero-order valence-electron chi connectivity index (χ0n) is 11.5. The van der Waals surface area contributed by atoms with Crippen LogP contribution in [0, 0.1) is 11.6 Å². The van der Waals surface area contributed by atoms with Crippen LogP contribution in [0.25, 0.3) is 11.1 Å². The van der Waals surface area contributed by atoms with Crippen LogP contribution in [0.1, 0.15) is 29.8 Å². The monoisotopic (exact) mass is 290 g/mol. The molecule has 1 saturated heterocycles. The van der Waals surface area contributed by atoms with Crippen LogP contribution in [-0.2, 0) is 0 Å². The predicted molar refractivity (Wildman–Crippen MR) is 75.9 cm³/mol. The maximum absolute atomic E-state index is 13.8. The molecule has 0 spiro atoms. The third-order valence-electron chi connectivity index (χ3n) is 3.82. The van der Waals surface area contributed by atoms with Crippen molar-refractivity contribution in [1.29, 1.82) is 0 Å². The molecule has 1 N–H and O–H groups in total. The quantitative estimate of drug-likeness (QED) is 0.901. The second-order valence-corrected chi connectivity index (χ2v) is 5.26. The Bertz CT molecular complexity index is 660. The van der Waals surface area contributed by atoms with Crippen molar-refractivity contribution < 1.29 is 13.6 Å². The van der Waals surface area contributed by atoms with Crippen molar-refractivity contribution >= 4 is 5.91 Å². The standard InChI is InChI=1S/C16H16F2N2O/c17-13-6-4-5-12(15(13)18)11-9-14(19-10-11)16(21)20-7-2-1-3-8-20/h4-6,9-10,19H,1-3,7-8H2. The molecule has 0 aliphatic carbocycles. The van der Waals surface area contributed by atoms with Gasteiger partial charge in [0.25, 0.3) is 5.91 Å². The molecule has 2 aromatic rings. The van der Waals surface area contributed by atoms with Gasteiger partial charge in [-0.2, -0.15) is 0 Å². The normalized spacial score (nSPS) is 15.2. The first-order chi connectivity index (χ1) is 10.2. The summed E-state index contributed by atoms with van der Waals surface area (Å²) in [5, 5.41) is 0. The van der Waals surface area contributed by atoms with E-state index in [4.69, 9.17) is 0 Å². The number of halogens is 2. The predicted octanol–water partition coefficient (Wildman–Crippen LogP) is 3.59. The van der Waals surface area contributed by atoms with E-state index in [0.717, 1.165) is 38.4 Å². The minimum atomic E-state index is -0.895. The molecule has 0 saturated carbocycles. The van der Waals surface area contributed by atoms with Gasteiger partial charge in [0.1, 0.15) is 5.69 Å². The van der Waals surface area contributed by atoms with Gasteiger partial charge in [0.2, 0.25) is 0 Å². The molecule has 1 aromatic heterocycles. The van der Waals surface area contributed by atoms with Crippen molar-refractivity contribution in [2.45, 2.75) is 19.3 Å². The fourth-order valence-corrected chi connectivity index (χ4v) is 2.67. The Morgan fingerprint density at radius 2 is 1.90 bits per heavy atom. The first-order valence-electron chi connectivity index (χ1n) is 7.09. The van der Waals surface area contributed by atoms with Crippen LogP contribution in [0.3, 0.4) is 0 Å². The summed E-state index contributed by atoms with van der Waals surface area (Å²) < 4.78 is 27.0. The molecule has 0 bridgehead atoms. The Balaban J connectivity index is 1.86. The molecule has 0 unspecified atom stereocenters. The molecule has 0 atom stereocenters. The highest BCUT2D eigenvalue weighted by molar-refractivity contribution is 5.94. The van der Waals surface area contributed by atoms with E-state index in [1.807, 2.05) is 0 Å². The van der Waals surface area contributed by atoms with Gasteiger partial charge in [-0.3, -0.25) is 4.79 Å². The van der Waals surface area contributed by atoms with Crippen LogP contribution in [0.5, 0.6) is 0 Å². The molecule has 0 radical (unpaired) electrons. The lowest BCUT2D eigenvalue weighted by Gasteiger charge is -2.26. The second kappa shape index (κ2) is 5.68. The van der Waals surface area contributed by atoms with Crippen molar-refractivity contribution in [2.75, 3.05) is 13.1 Å². The zero-order valence-corrected chi connectivity index (χ0v) is 11.5. The van der Waals surface area contributed by atoms with Gasteiger partial charge in [-0.25, -0.2) is 8.78 Å². The fraction of sp³-hybridized carbons (Fsp3) is 0.312. The molecule has 1 aliphatic heterocycles. The van der Waals surface area contributed by atoms with E-state index in [1.54, 1.807) is 11.0 Å². The molecular weight excluding hydrogens is 274 g/mol. The summed E-state index contributed by atoms with van der Waals surface area (Å²) in [5.41, 5.74) is 1.05. The van der Waals surface area contributed by atoms with E-state index in [-0.39, 0.29) is 11.5 Å². The lowest BCUT2D eigenvalue weighted by Crippen LogP contribution is -2.35. The average molecular weight is 290 g/mol. The van der Waals surface area contributed by atoms with Gasteiger partial charge in [-0.15, -0.1) is 0 Å². The van der Waals surface area contributed by atoms with E-state index >= 15 is 0 Å². The number of hydrogen-bond donors (Lipinski definition) is 1. The van der Waals surface area contributed by atoms with Crippen molar-refractivity contribution in [3.63, 3.8) is 0 Å². The zero-order chi connectivity index (χ0) is 14.8. The highest BCUT2D eigenvalue weighted by atomic mass is 19.2. The SMILES string of the molecule is O=C(c1cc(-c2cccc(F)c2F)c[nH]1)N1CCCCC1. The first kappa shape index (κ1) is 13.8. The summed E-state index contributed by atoms with van der Waals surface area (Å²) in [6, 6.07) is 5.60. The lowest BCUT2D eigenvalue weighted by molar-refractivity contribution is 0.0719. The Morgan fingerprint density at radius 3 is 2.67 bits per heavy atom. The third kappa shape index (κ3) is 2.68. The number of H-pyrrole nitrogens is 1. The minimum Gasteiger partial charge on any atom is -0.357 e. The number of nitrogens with zero attached hydrogens (tertiary/aromatic N) is 1. The molecular formula is C16H16F2N2O. The second-order valence-electron chi connectivity index (χ2n) is 5.26. The summed E-state index contributed by atoms with van der Waals surface area (Å²) in [4.78, 5) is 17.0. The number of aromatic amines is 1. The smallest absolute Gasteiger partial charge is 0.270 e. The summed E-state index contributed by atoms with van der Waals surface area (Å²) in [5.74, 6) is -1.87. The summed E-state index contributed by atoms with van der Waals surface area (Å²) >= 11 is 0. The van der Waals surface area contributed by atoms with E-state index in [1.165, 1.54) is 18.3 Å². The molecule has 1 aliphatic rings. The number of hydrogen-bond acceptors (Lipinski definition) is 1. The Labute approximate surface area is 121 Å². The van der Waals surface area contributed by atoms with Crippen molar-refractivity contribution in [2.24, 2.45) is 0 Å². The Morgan fingerprint density at radius 1 is 1.14 bits per heavy atom. The van der Waals surface area contributed by atoms with Crippen molar-refractivity contribution in [3.8, 4) is 11.1 Å². The molecule has 3 nitrogen and oxygen atoms in total. The summed E-state index contributed by atoms with van der Waals surface area (Å²) in [6.07, 6.45) is 4.71. The number of piperidine rings is 1. The maximum atomic E-state index is 13.8. The van der Waals surface area contributed by atoms with Gasteiger partial charge < -0.3 is 9.88 Å². The number of carbonyl (C=O) groups is 1. The van der Waals surface area contributed by atoms with Crippen molar-refractivity contribution in [1.82, 2.24) is 9.88 Å². The molecule has 2 heterocycles. The van der Waals surface area contributed by atoms with Gasteiger partial charge in [-0.1, -0.05) is 12.1 Å². The van der Waals surface area contributed by atoms with Gasteiger partial charge >= 0.3 is 0 Å². The van der Waals surface area contributed by atoms with Crippen LogP contribution < -0.4 is 0 Å². The summed E-state index contributed by atoms with van der Waals surface area (Å²) in [6.45, 7) is 1.50. The van der Waals surface area contributed by atoms with Crippen LogP contribution >= 0.6 is 0 Å². The number of likely N-dealkylation sites (tertiary alicyclic amines) is 1. The molecule has 1 amide bonds. The van der Waals surface area contributed by atoms with Crippen molar-refractivity contribution in [3.05, 3.63) is 47.8 Å². The molecule has 5 heteroatoms. The van der Waals surface area contributed by atoms with Gasteiger partial charge in [0.15, 0.2) is 11.6 Å². The van der Waals surface area contributed by atoms with Crippen LogP contribution in [-0.4, -0.2) is 28.9 Å². The molecule has 21 heavy (non-hydrogen) atoms. The maximum Gasteiger partial charge on any atom is 0.270 e. The van der Waals surface area contributed by atoms with Crippen LogP contribution in [0.2, 0.25) is 0 Å². The van der Waals surface area contributed by atoms with Gasteiger partial charge in [0.05, 0.1) is 0 Å². The first-order valence-corrected chi connectivity index (χ1v) is 7.09. The minimum absolute atomic E-state index is 0.0854. The molecule has 1 fully saturated rings. The number of amides is 1. The lowest BCUT2D eigenvalue weighted by atomic mass is 10.1. The number of carbonyl (C=O) groups excluding carboxylic acids is 1. The highest BCUT2D eigenvalue weighted by Crippen LogP contribution is 2.25. The third-order valence-corrected chi connectivity index (χ3v) is 3.82. The van der Waals surface area contributed by atoms with Crippen LogP contribution in [0.4, 0.5) is 8.78 Å². The number of nitrogens with one attached hydrogen (secondary N) is 1. The number of aromatic nitrogens is 1. The van der Waals surface area contributed by atoms with Gasteiger partial charge in [0, 0.05) is 30.4 Å². The fourth-order valence-electron chi connectivity index (χ4n) is 2.67. The largest absolute Gasteiger partial charge is 0.357 e. The number of rotatable bonds is 2. The van der Waals surface area contributed by atoms with Crippen LogP contribution in [0.15, 0.2) is 30.5 Å². The Kier molecular flexibility index (Phi) is 3.73. The summed E-state index contributed by atoms with van der Waals surface area (Å²) in [7, 11) is 0. The van der Waals surface area contributed by atoms with E-state index < -0.39 is 11.6 Å². The average Bonchev–Trinajstić information content (AvgIpc) is 3.00. The Hall–Kier alpha value is -2.17. The molecule has 110 valence electrons. The van der Waals surface area contributed by atoms with E-state index in [0.29, 0.717) is 11.3 Å². The molecule has 3 rings (SSSR count).